The van der Waals surface area contributed by atoms with Crippen molar-refractivity contribution in [3.8, 4) is 0 Å². The molecule has 2 rings (SSSR count). The third-order valence-corrected chi connectivity index (χ3v) is 4.80. The lowest BCUT2D eigenvalue weighted by atomic mass is 10.3. The van der Waals surface area contributed by atoms with Crippen LogP contribution in [0.15, 0.2) is 26.0 Å². The highest BCUT2D eigenvalue weighted by Gasteiger charge is 2.13. The zero-order chi connectivity index (χ0) is 13.8. The van der Waals surface area contributed by atoms with E-state index in [1.807, 2.05) is 14.0 Å². The van der Waals surface area contributed by atoms with Crippen molar-refractivity contribution in [2.45, 2.75) is 13.5 Å². The summed E-state index contributed by atoms with van der Waals surface area (Å²) in [6.07, 6.45) is 1.58. The highest BCUT2D eigenvalue weighted by atomic mass is 79.9. The highest BCUT2D eigenvalue weighted by Crippen LogP contribution is 2.30. The van der Waals surface area contributed by atoms with Gasteiger partial charge < -0.3 is 10.2 Å². The molecule has 0 bridgehead atoms. The first kappa shape index (κ1) is 14.7. The summed E-state index contributed by atoms with van der Waals surface area (Å²) in [6, 6.07) is 2.13. The predicted octanol–water partition coefficient (Wildman–Crippen LogP) is 4.13. The van der Waals surface area contributed by atoms with Crippen molar-refractivity contribution >= 4 is 54.8 Å². The standard InChI is InChI=1S/C12H14Br2N4S/c1-3-15-11-10(14)12(17-7-16-11)18(2)5-8-4-9(13)19-6-8/h4,6-7H,3,5H2,1-2H3,(H,15,16,17). The molecule has 102 valence electrons. The number of thiophene rings is 1. The molecule has 0 aromatic carbocycles. The van der Waals surface area contributed by atoms with Crippen molar-refractivity contribution in [2.24, 2.45) is 0 Å². The molecule has 0 aliphatic rings. The van der Waals surface area contributed by atoms with Gasteiger partial charge in [-0.05, 0) is 55.8 Å². The van der Waals surface area contributed by atoms with Gasteiger partial charge in [-0.2, -0.15) is 0 Å². The summed E-state index contributed by atoms with van der Waals surface area (Å²) in [5.41, 5.74) is 1.26. The number of hydrogen-bond donors (Lipinski definition) is 1. The summed E-state index contributed by atoms with van der Waals surface area (Å²) in [4.78, 5) is 10.7. The van der Waals surface area contributed by atoms with Crippen LogP contribution < -0.4 is 10.2 Å². The van der Waals surface area contributed by atoms with Gasteiger partial charge in [0, 0.05) is 20.1 Å². The van der Waals surface area contributed by atoms with Gasteiger partial charge in [-0.3, -0.25) is 0 Å². The highest BCUT2D eigenvalue weighted by molar-refractivity contribution is 9.11. The van der Waals surface area contributed by atoms with E-state index in [2.05, 4.69) is 63.5 Å². The van der Waals surface area contributed by atoms with Crippen molar-refractivity contribution in [3.63, 3.8) is 0 Å². The van der Waals surface area contributed by atoms with E-state index in [-0.39, 0.29) is 0 Å². The van der Waals surface area contributed by atoms with Gasteiger partial charge in [-0.1, -0.05) is 0 Å². The summed E-state index contributed by atoms with van der Waals surface area (Å²) in [6.45, 7) is 3.68. The van der Waals surface area contributed by atoms with Crippen LogP contribution in [0.5, 0.6) is 0 Å². The Kier molecular flexibility index (Phi) is 5.18. The third kappa shape index (κ3) is 3.67. The number of nitrogens with zero attached hydrogens (tertiary/aromatic N) is 3. The fourth-order valence-corrected chi connectivity index (χ4v) is 3.54. The van der Waals surface area contributed by atoms with Crippen molar-refractivity contribution < 1.29 is 0 Å². The predicted molar refractivity (Wildman–Crippen MR) is 88.0 cm³/mol. The second-order valence-corrected chi connectivity index (χ2v) is 7.09. The van der Waals surface area contributed by atoms with E-state index in [4.69, 9.17) is 0 Å². The van der Waals surface area contributed by atoms with Gasteiger partial charge in [0.05, 0.1) is 3.79 Å². The monoisotopic (exact) mass is 404 g/mol. The van der Waals surface area contributed by atoms with Gasteiger partial charge in [-0.25, -0.2) is 9.97 Å². The number of anilines is 2. The summed E-state index contributed by atoms with van der Waals surface area (Å²) in [5.74, 6) is 1.71. The SMILES string of the molecule is CCNc1ncnc(N(C)Cc2csc(Br)c2)c1Br. The first-order valence-electron chi connectivity index (χ1n) is 5.80. The Morgan fingerprint density at radius 2 is 2.16 bits per heavy atom. The fraction of sp³-hybridized carbons (Fsp3) is 0.333. The maximum Gasteiger partial charge on any atom is 0.148 e. The second kappa shape index (κ2) is 6.67. The van der Waals surface area contributed by atoms with E-state index in [0.29, 0.717) is 0 Å². The Hall–Kier alpha value is -0.660. The van der Waals surface area contributed by atoms with Gasteiger partial charge in [-0.15, -0.1) is 11.3 Å². The first-order chi connectivity index (χ1) is 9.11. The average molecular weight is 406 g/mol. The summed E-state index contributed by atoms with van der Waals surface area (Å²) < 4.78 is 2.04. The molecule has 1 N–H and O–H groups in total. The minimum Gasteiger partial charge on any atom is -0.369 e. The molecule has 0 aliphatic heterocycles. The largest absolute Gasteiger partial charge is 0.369 e. The van der Waals surface area contributed by atoms with Crippen LogP contribution in [-0.2, 0) is 6.54 Å². The molecule has 0 unspecified atom stereocenters. The van der Waals surface area contributed by atoms with Crippen LogP contribution in [-0.4, -0.2) is 23.6 Å². The zero-order valence-corrected chi connectivity index (χ0v) is 14.6. The number of aromatic nitrogens is 2. The van der Waals surface area contributed by atoms with Crippen LogP contribution in [0, 0.1) is 0 Å². The molecular weight excluding hydrogens is 392 g/mol. The molecule has 0 amide bonds. The van der Waals surface area contributed by atoms with E-state index < -0.39 is 0 Å². The van der Waals surface area contributed by atoms with Crippen molar-refractivity contribution in [1.82, 2.24) is 9.97 Å². The number of halogens is 2. The number of nitrogens with one attached hydrogen (secondary N) is 1. The Balaban J connectivity index is 2.18. The average Bonchev–Trinajstić information content (AvgIpc) is 2.77. The van der Waals surface area contributed by atoms with E-state index in [1.165, 1.54) is 5.56 Å². The van der Waals surface area contributed by atoms with Gasteiger partial charge in [0.1, 0.15) is 22.4 Å². The lowest BCUT2D eigenvalue weighted by Crippen LogP contribution is -2.18. The quantitative estimate of drug-likeness (QED) is 0.811. The van der Waals surface area contributed by atoms with Crippen LogP contribution in [0.3, 0.4) is 0 Å². The lowest BCUT2D eigenvalue weighted by Gasteiger charge is -2.19. The minimum absolute atomic E-state index is 0.809. The molecule has 2 heterocycles. The topological polar surface area (TPSA) is 41.1 Å². The van der Waals surface area contributed by atoms with Crippen LogP contribution in [0.2, 0.25) is 0 Å². The van der Waals surface area contributed by atoms with E-state index in [1.54, 1.807) is 17.7 Å². The Morgan fingerprint density at radius 3 is 2.79 bits per heavy atom. The normalized spacial score (nSPS) is 10.5. The van der Waals surface area contributed by atoms with Crippen LogP contribution in [0.4, 0.5) is 11.6 Å². The second-order valence-electron chi connectivity index (χ2n) is 4.01. The molecule has 0 saturated carbocycles. The molecular formula is C12H14Br2N4S. The number of hydrogen-bond acceptors (Lipinski definition) is 5. The third-order valence-electron chi connectivity index (χ3n) is 2.52. The lowest BCUT2D eigenvalue weighted by molar-refractivity contribution is 0.888. The van der Waals surface area contributed by atoms with Gasteiger partial charge in [0.25, 0.3) is 0 Å². The molecule has 0 radical (unpaired) electrons. The molecule has 0 atom stereocenters. The fourth-order valence-electron chi connectivity index (χ4n) is 1.69. The van der Waals surface area contributed by atoms with E-state index in [0.717, 1.165) is 33.0 Å². The van der Waals surface area contributed by atoms with E-state index >= 15 is 0 Å². The zero-order valence-electron chi connectivity index (χ0n) is 10.7. The maximum atomic E-state index is 4.34. The molecule has 0 spiro atoms. The molecule has 0 fully saturated rings. The smallest absolute Gasteiger partial charge is 0.148 e. The van der Waals surface area contributed by atoms with E-state index in [9.17, 15) is 0 Å². The summed E-state index contributed by atoms with van der Waals surface area (Å²) >= 11 is 8.74. The van der Waals surface area contributed by atoms with Gasteiger partial charge in [0.2, 0.25) is 0 Å². The van der Waals surface area contributed by atoms with Gasteiger partial charge >= 0.3 is 0 Å². The summed E-state index contributed by atoms with van der Waals surface area (Å²) in [5, 5.41) is 5.35. The van der Waals surface area contributed by atoms with Crippen LogP contribution >= 0.6 is 43.2 Å². The van der Waals surface area contributed by atoms with Crippen molar-refractivity contribution in [2.75, 3.05) is 23.8 Å². The molecule has 4 nitrogen and oxygen atoms in total. The Morgan fingerprint density at radius 1 is 1.37 bits per heavy atom. The minimum atomic E-state index is 0.809. The Labute approximate surface area is 133 Å². The van der Waals surface area contributed by atoms with Gasteiger partial charge in [0.15, 0.2) is 0 Å². The summed E-state index contributed by atoms with van der Waals surface area (Å²) in [7, 11) is 2.02. The molecule has 7 heteroatoms. The maximum absolute atomic E-state index is 4.34. The first-order valence-corrected chi connectivity index (χ1v) is 8.26. The molecule has 0 saturated heterocycles. The van der Waals surface area contributed by atoms with Crippen molar-refractivity contribution in [3.05, 3.63) is 31.6 Å². The van der Waals surface area contributed by atoms with Crippen LogP contribution in [0.25, 0.3) is 0 Å². The van der Waals surface area contributed by atoms with Crippen LogP contribution in [0.1, 0.15) is 12.5 Å². The van der Waals surface area contributed by atoms with Crippen molar-refractivity contribution in [1.29, 1.82) is 0 Å². The molecule has 19 heavy (non-hydrogen) atoms. The molecule has 2 aromatic rings. The Bertz CT molecular complexity index is 558. The molecule has 0 aliphatic carbocycles. The number of rotatable bonds is 5. The molecule has 2 aromatic heterocycles.